The third-order valence-electron chi connectivity index (χ3n) is 3.09. The normalized spacial score (nSPS) is 11.6. The number of nitrogens with zero attached hydrogens (tertiary/aromatic N) is 2. The van der Waals surface area contributed by atoms with Crippen LogP contribution in [0.2, 0.25) is 0 Å². The zero-order valence-electron chi connectivity index (χ0n) is 13.2. The van der Waals surface area contributed by atoms with Crippen LogP contribution in [0.3, 0.4) is 0 Å². The molecule has 0 aliphatic heterocycles. The summed E-state index contributed by atoms with van der Waals surface area (Å²) in [5.41, 5.74) is 4.41. The first kappa shape index (κ1) is 15.8. The number of H-pyrrole nitrogens is 1. The van der Waals surface area contributed by atoms with E-state index in [1.165, 1.54) is 0 Å². The first-order valence-electron chi connectivity index (χ1n) is 6.93. The van der Waals surface area contributed by atoms with Gasteiger partial charge in [0.15, 0.2) is 5.69 Å². The van der Waals surface area contributed by atoms with E-state index < -0.39 is 0 Å². The average Bonchev–Trinajstić information content (AvgIpc) is 2.97. The number of nitrogens with one attached hydrogen (secondary N) is 2. The average molecular weight is 300 g/mol. The Labute approximate surface area is 129 Å². The van der Waals surface area contributed by atoms with E-state index in [2.05, 4.69) is 20.7 Å². The van der Waals surface area contributed by atoms with Gasteiger partial charge in [-0.3, -0.25) is 9.89 Å². The summed E-state index contributed by atoms with van der Waals surface area (Å²) >= 11 is 0. The molecule has 0 aliphatic rings. The smallest absolute Gasteiger partial charge is 0.291 e. The number of hydrogen-bond donors (Lipinski definition) is 2. The van der Waals surface area contributed by atoms with Crippen molar-refractivity contribution in [3.05, 3.63) is 47.3 Å². The highest BCUT2D eigenvalue weighted by Gasteiger charge is 2.19. The number of hydrogen-bond acceptors (Lipinski definition) is 4. The van der Waals surface area contributed by atoms with Crippen LogP contribution in [0.15, 0.2) is 35.4 Å². The molecular formula is C16H20N4O2. The molecule has 2 rings (SSSR count). The van der Waals surface area contributed by atoms with Crippen LogP contribution >= 0.6 is 0 Å². The fraction of sp³-hybridized carbons (Fsp3) is 0.312. The largest absolute Gasteiger partial charge is 0.497 e. The van der Waals surface area contributed by atoms with Crippen molar-refractivity contribution in [3.63, 3.8) is 0 Å². The summed E-state index contributed by atoms with van der Waals surface area (Å²) in [6, 6.07) is 9.11. The van der Waals surface area contributed by atoms with E-state index in [1.807, 2.05) is 45.0 Å². The van der Waals surface area contributed by atoms with Crippen LogP contribution in [0.1, 0.15) is 42.5 Å². The highest BCUT2D eigenvalue weighted by Crippen LogP contribution is 2.20. The van der Waals surface area contributed by atoms with Gasteiger partial charge in [0.1, 0.15) is 5.75 Å². The summed E-state index contributed by atoms with van der Waals surface area (Å²) in [6.07, 6.45) is 1.55. The lowest BCUT2D eigenvalue weighted by molar-refractivity contribution is 0.0950. The maximum atomic E-state index is 12.0. The molecule has 0 spiro atoms. The minimum atomic E-state index is -0.356. The number of amides is 1. The van der Waals surface area contributed by atoms with Crippen LogP contribution in [0.25, 0.3) is 0 Å². The summed E-state index contributed by atoms with van der Waals surface area (Å²) in [6.45, 7) is 6.13. The molecule has 0 unspecified atom stereocenters. The van der Waals surface area contributed by atoms with Gasteiger partial charge in [-0.2, -0.15) is 10.2 Å². The van der Waals surface area contributed by atoms with Crippen LogP contribution in [-0.2, 0) is 5.41 Å². The highest BCUT2D eigenvalue weighted by molar-refractivity contribution is 5.93. The molecule has 6 nitrogen and oxygen atoms in total. The molecule has 0 saturated heterocycles. The van der Waals surface area contributed by atoms with Gasteiger partial charge in [0, 0.05) is 11.1 Å². The Kier molecular flexibility index (Phi) is 4.60. The molecule has 0 radical (unpaired) electrons. The number of carbonyl (C=O) groups excluding carboxylic acids is 1. The van der Waals surface area contributed by atoms with Crippen molar-refractivity contribution < 1.29 is 9.53 Å². The minimum absolute atomic E-state index is 0.0879. The van der Waals surface area contributed by atoms with E-state index in [4.69, 9.17) is 4.74 Å². The van der Waals surface area contributed by atoms with Gasteiger partial charge in [0.05, 0.1) is 13.3 Å². The molecule has 6 heteroatoms. The van der Waals surface area contributed by atoms with Gasteiger partial charge in [0.2, 0.25) is 0 Å². The molecule has 1 amide bonds. The van der Waals surface area contributed by atoms with E-state index >= 15 is 0 Å². The third kappa shape index (κ3) is 3.94. The lowest BCUT2D eigenvalue weighted by atomic mass is 9.92. The van der Waals surface area contributed by atoms with Crippen LogP contribution < -0.4 is 10.2 Å². The second kappa shape index (κ2) is 6.43. The van der Waals surface area contributed by atoms with Crippen LogP contribution in [-0.4, -0.2) is 29.4 Å². The van der Waals surface area contributed by atoms with Gasteiger partial charge in [-0.1, -0.05) is 32.9 Å². The highest BCUT2D eigenvalue weighted by atomic mass is 16.5. The van der Waals surface area contributed by atoms with E-state index in [0.29, 0.717) is 5.69 Å². The number of aromatic amines is 1. The molecule has 0 atom stereocenters. The Balaban J connectivity index is 2.00. The van der Waals surface area contributed by atoms with Crippen molar-refractivity contribution >= 4 is 12.1 Å². The second-order valence-corrected chi connectivity index (χ2v) is 5.89. The van der Waals surface area contributed by atoms with Crippen LogP contribution in [0.4, 0.5) is 0 Å². The van der Waals surface area contributed by atoms with Crippen molar-refractivity contribution in [2.24, 2.45) is 5.10 Å². The SMILES string of the molecule is COc1cccc(/C=N/NC(=O)c2cc(C(C)(C)C)[nH]n2)c1. The fourth-order valence-electron chi connectivity index (χ4n) is 1.77. The number of hydrazone groups is 1. The lowest BCUT2D eigenvalue weighted by Gasteiger charge is -2.14. The number of ether oxygens (including phenoxy) is 1. The Bertz CT molecular complexity index is 683. The molecule has 1 aromatic heterocycles. The molecule has 0 aliphatic carbocycles. The zero-order valence-corrected chi connectivity index (χ0v) is 13.2. The summed E-state index contributed by atoms with van der Waals surface area (Å²) < 4.78 is 5.12. The number of benzene rings is 1. The number of methoxy groups -OCH3 is 1. The summed E-state index contributed by atoms with van der Waals surface area (Å²) in [5.74, 6) is 0.378. The number of aromatic nitrogens is 2. The van der Waals surface area contributed by atoms with Crippen LogP contribution in [0, 0.1) is 0 Å². The van der Waals surface area contributed by atoms with Gasteiger partial charge in [-0.15, -0.1) is 0 Å². The molecule has 1 heterocycles. The predicted octanol–water partition coefficient (Wildman–Crippen LogP) is 2.48. The van der Waals surface area contributed by atoms with E-state index in [0.717, 1.165) is 17.0 Å². The molecule has 22 heavy (non-hydrogen) atoms. The van der Waals surface area contributed by atoms with Gasteiger partial charge >= 0.3 is 0 Å². The molecule has 0 saturated carbocycles. The Hall–Kier alpha value is -2.63. The summed E-state index contributed by atoms with van der Waals surface area (Å²) in [5, 5.41) is 10.8. The molecule has 2 aromatic rings. The Morgan fingerprint density at radius 2 is 2.14 bits per heavy atom. The van der Waals surface area contributed by atoms with Gasteiger partial charge in [-0.05, 0) is 23.8 Å². The lowest BCUT2D eigenvalue weighted by Crippen LogP contribution is -2.18. The van der Waals surface area contributed by atoms with Crippen molar-refractivity contribution in [1.29, 1.82) is 0 Å². The summed E-state index contributed by atoms with van der Waals surface area (Å²) in [4.78, 5) is 12.0. The van der Waals surface area contributed by atoms with Gasteiger partial charge in [0.25, 0.3) is 5.91 Å². The summed E-state index contributed by atoms with van der Waals surface area (Å²) in [7, 11) is 1.60. The van der Waals surface area contributed by atoms with Crippen LogP contribution in [0.5, 0.6) is 5.75 Å². The van der Waals surface area contributed by atoms with Crippen molar-refractivity contribution in [2.45, 2.75) is 26.2 Å². The quantitative estimate of drug-likeness (QED) is 0.672. The molecule has 2 N–H and O–H groups in total. The third-order valence-corrected chi connectivity index (χ3v) is 3.09. The van der Waals surface area contributed by atoms with E-state index in [-0.39, 0.29) is 11.3 Å². The minimum Gasteiger partial charge on any atom is -0.497 e. The first-order chi connectivity index (χ1) is 10.4. The maximum Gasteiger partial charge on any atom is 0.291 e. The Morgan fingerprint density at radius 1 is 1.36 bits per heavy atom. The molecular weight excluding hydrogens is 280 g/mol. The van der Waals surface area contributed by atoms with E-state index in [1.54, 1.807) is 19.4 Å². The van der Waals surface area contributed by atoms with Gasteiger partial charge < -0.3 is 4.74 Å². The standard InChI is InChI=1S/C16H20N4O2/c1-16(2,3)14-9-13(18-19-14)15(21)20-17-10-11-6-5-7-12(8-11)22-4/h5-10H,1-4H3,(H,18,19)(H,20,21)/b17-10+. The van der Waals surface area contributed by atoms with Gasteiger partial charge in [-0.25, -0.2) is 5.43 Å². The number of carbonyl (C=O) groups is 1. The molecule has 0 fully saturated rings. The molecule has 116 valence electrons. The monoisotopic (exact) mass is 300 g/mol. The zero-order chi connectivity index (χ0) is 16.2. The first-order valence-corrected chi connectivity index (χ1v) is 6.93. The maximum absolute atomic E-state index is 12.0. The van der Waals surface area contributed by atoms with Crippen molar-refractivity contribution in [1.82, 2.24) is 15.6 Å². The fourth-order valence-corrected chi connectivity index (χ4v) is 1.77. The van der Waals surface area contributed by atoms with Crippen molar-refractivity contribution in [2.75, 3.05) is 7.11 Å². The second-order valence-electron chi connectivity index (χ2n) is 5.89. The van der Waals surface area contributed by atoms with Crippen molar-refractivity contribution in [3.8, 4) is 5.75 Å². The van der Waals surface area contributed by atoms with E-state index in [9.17, 15) is 4.79 Å². The molecule has 0 bridgehead atoms. The Morgan fingerprint density at radius 3 is 2.77 bits per heavy atom. The molecule has 1 aromatic carbocycles. The number of rotatable bonds is 4. The predicted molar refractivity (Wildman–Crippen MR) is 85.3 cm³/mol. The topological polar surface area (TPSA) is 79.4 Å².